The Labute approximate surface area is 347 Å². The molecule has 0 bridgehead atoms. The zero-order valence-corrected chi connectivity index (χ0v) is 32.8. The largest absolute Gasteiger partial charge is 0.0616 e. The molecule has 0 aliphatic carbocycles. The van der Waals surface area contributed by atoms with E-state index in [-0.39, 0.29) is 0 Å². The van der Waals surface area contributed by atoms with Crippen LogP contribution in [0.1, 0.15) is 0 Å². The maximum absolute atomic E-state index is 2.36. The van der Waals surface area contributed by atoms with E-state index in [4.69, 9.17) is 0 Å². The van der Waals surface area contributed by atoms with Crippen LogP contribution in [0.2, 0.25) is 0 Å². The molecule has 0 heterocycles. The van der Waals surface area contributed by atoms with E-state index in [0.29, 0.717) is 0 Å². The summed E-state index contributed by atoms with van der Waals surface area (Å²) in [5.74, 6) is 0. The predicted octanol–water partition coefficient (Wildman–Crippen LogP) is 17.0. The Balaban J connectivity index is 0.919. The van der Waals surface area contributed by atoms with Gasteiger partial charge in [-0.3, -0.25) is 0 Å². The first-order valence-electron chi connectivity index (χ1n) is 20.9. The van der Waals surface area contributed by atoms with Crippen LogP contribution in [0.5, 0.6) is 0 Å². The average Bonchev–Trinajstić information content (AvgIpc) is 3.32. The van der Waals surface area contributed by atoms with Gasteiger partial charge < -0.3 is 0 Å². The van der Waals surface area contributed by atoms with Gasteiger partial charge in [-0.05, 0) is 155 Å². The van der Waals surface area contributed by atoms with Crippen LogP contribution in [0, 0.1) is 0 Å². The predicted molar refractivity (Wildman–Crippen MR) is 259 cm³/mol. The van der Waals surface area contributed by atoms with E-state index in [2.05, 4.69) is 218 Å². The lowest BCUT2D eigenvalue weighted by atomic mass is 9.88. The van der Waals surface area contributed by atoms with Crippen molar-refractivity contribution in [2.45, 2.75) is 0 Å². The monoisotopic (exact) mass is 756 g/mol. The second kappa shape index (κ2) is 12.9. The summed E-state index contributed by atoms with van der Waals surface area (Å²) >= 11 is 0. The first kappa shape index (κ1) is 33.2. The van der Waals surface area contributed by atoms with Gasteiger partial charge >= 0.3 is 0 Å². The van der Waals surface area contributed by atoms with E-state index >= 15 is 0 Å². The smallest absolute Gasteiger partial charge is 0.00206 e. The van der Waals surface area contributed by atoms with Crippen molar-refractivity contribution in [2.75, 3.05) is 0 Å². The van der Waals surface area contributed by atoms with Crippen LogP contribution in [-0.2, 0) is 0 Å². The normalized spacial score (nSPS) is 12.0. The zero-order valence-electron chi connectivity index (χ0n) is 32.8. The summed E-state index contributed by atoms with van der Waals surface area (Å²) in [6.07, 6.45) is 0. The van der Waals surface area contributed by atoms with E-state index in [1.54, 1.807) is 0 Å². The minimum Gasteiger partial charge on any atom is -0.0616 e. The van der Waals surface area contributed by atoms with Gasteiger partial charge in [-0.2, -0.15) is 0 Å². The van der Waals surface area contributed by atoms with Crippen LogP contribution in [-0.4, -0.2) is 0 Å². The van der Waals surface area contributed by atoms with Crippen LogP contribution in [0.3, 0.4) is 0 Å². The molecule has 13 aromatic carbocycles. The van der Waals surface area contributed by atoms with E-state index in [9.17, 15) is 0 Å². The lowest BCUT2D eigenvalue weighted by molar-refractivity contribution is 1.57. The molecule has 0 amide bonds. The summed E-state index contributed by atoms with van der Waals surface area (Å²) < 4.78 is 0. The second-order valence-corrected chi connectivity index (χ2v) is 16.5. The quantitative estimate of drug-likeness (QED) is 0.153. The lowest BCUT2D eigenvalue weighted by Crippen LogP contribution is -1.89. The van der Waals surface area contributed by atoms with Gasteiger partial charge in [0.05, 0.1) is 0 Å². The summed E-state index contributed by atoms with van der Waals surface area (Å²) in [6.45, 7) is 0. The molecule has 276 valence electrons. The van der Waals surface area contributed by atoms with Crippen molar-refractivity contribution in [3.63, 3.8) is 0 Å². The molecule has 0 spiro atoms. The fourth-order valence-corrected chi connectivity index (χ4v) is 10.2. The fraction of sp³-hybridized carbons (Fsp3) is 0. The van der Waals surface area contributed by atoms with E-state index < -0.39 is 0 Å². The summed E-state index contributed by atoms with van der Waals surface area (Å²) in [4.78, 5) is 0. The third kappa shape index (κ3) is 5.11. The molecule has 60 heavy (non-hydrogen) atoms. The van der Waals surface area contributed by atoms with Gasteiger partial charge in [0.15, 0.2) is 0 Å². The Bertz CT molecular complexity index is 3550. The van der Waals surface area contributed by atoms with Crippen molar-refractivity contribution in [1.29, 1.82) is 0 Å². The first-order chi connectivity index (χ1) is 29.7. The van der Waals surface area contributed by atoms with E-state index in [0.717, 1.165) is 0 Å². The molecule has 0 aliphatic heterocycles. The standard InChI is InChI=1S/C60H36/c1-2-6-48-33-49(24-15-37(48)5-1)52-35-50(38-11-16-40(17-12-38)53-29-25-46-22-20-42-7-3-9-44-27-31-55(53)59(46)57(42)44)34-51(36-52)39-13-18-41(19-14-39)54-30-26-47-23-21-43-8-4-10-45-28-32-56(54)60(47)58(43)45/h1-36H. The summed E-state index contributed by atoms with van der Waals surface area (Å²) in [5, 5.41) is 18.3. The van der Waals surface area contributed by atoms with Gasteiger partial charge in [0.1, 0.15) is 0 Å². The highest BCUT2D eigenvalue weighted by molar-refractivity contribution is 6.26. The Hall–Kier alpha value is -7.80. The van der Waals surface area contributed by atoms with Crippen molar-refractivity contribution < 1.29 is 0 Å². The highest BCUT2D eigenvalue weighted by atomic mass is 14.2. The second-order valence-electron chi connectivity index (χ2n) is 16.5. The minimum absolute atomic E-state index is 1.20. The van der Waals surface area contributed by atoms with Crippen LogP contribution >= 0.6 is 0 Å². The Kier molecular flexibility index (Phi) is 7.11. The molecule has 0 radical (unpaired) electrons. The Morgan fingerprint density at radius 3 is 0.983 bits per heavy atom. The maximum atomic E-state index is 2.36. The van der Waals surface area contributed by atoms with Crippen molar-refractivity contribution in [2.24, 2.45) is 0 Å². The summed E-state index contributed by atoms with van der Waals surface area (Å²) in [5.41, 5.74) is 12.2. The molecule has 0 fully saturated rings. The average molecular weight is 757 g/mol. The minimum atomic E-state index is 1.20. The Morgan fingerprint density at radius 2 is 0.500 bits per heavy atom. The van der Waals surface area contributed by atoms with Gasteiger partial charge in [-0.1, -0.05) is 194 Å². The molecule has 0 aliphatic rings. The summed E-state index contributed by atoms with van der Waals surface area (Å²) in [6, 6.07) is 81.5. The van der Waals surface area contributed by atoms with Crippen molar-refractivity contribution in [1.82, 2.24) is 0 Å². The van der Waals surface area contributed by atoms with Crippen LogP contribution in [0.25, 0.3) is 131 Å². The number of fused-ring (bicyclic) bond motifs is 1. The van der Waals surface area contributed by atoms with Crippen molar-refractivity contribution >= 4 is 75.4 Å². The third-order valence-electron chi connectivity index (χ3n) is 13.1. The molecule has 0 heteroatoms. The molecule has 0 saturated heterocycles. The maximum Gasteiger partial charge on any atom is -0.00206 e. The SMILES string of the molecule is c1ccc2cc(-c3cc(-c4ccc(-c5ccc6ccc7cccc8ccc5c6c78)cc4)cc(-c4ccc(-c5ccc6ccc7cccc8ccc5c6c78)cc4)c3)ccc2c1. The molecule has 0 aromatic heterocycles. The van der Waals surface area contributed by atoms with Crippen LogP contribution < -0.4 is 0 Å². The molecular formula is C60H36. The first-order valence-corrected chi connectivity index (χ1v) is 20.9. The van der Waals surface area contributed by atoms with Gasteiger partial charge in [-0.25, -0.2) is 0 Å². The van der Waals surface area contributed by atoms with Crippen LogP contribution in [0.4, 0.5) is 0 Å². The zero-order chi connectivity index (χ0) is 39.3. The van der Waals surface area contributed by atoms with Gasteiger partial charge in [0.2, 0.25) is 0 Å². The highest BCUT2D eigenvalue weighted by Crippen LogP contribution is 2.42. The molecule has 0 saturated carbocycles. The number of hydrogen-bond donors (Lipinski definition) is 0. The van der Waals surface area contributed by atoms with Crippen LogP contribution in [0.15, 0.2) is 218 Å². The molecule has 13 rings (SSSR count). The molecule has 0 atom stereocenters. The number of benzene rings is 13. The number of rotatable bonds is 5. The van der Waals surface area contributed by atoms with E-state index in [1.807, 2.05) is 0 Å². The lowest BCUT2D eigenvalue weighted by Gasteiger charge is -2.15. The molecule has 0 nitrogen and oxygen atoms in total. The molecule has 0 unspecified atom stereocenters. The van der Waals surface area contributed by atoms with Gasteiger partial charge in [0, 0.05) is 0 Å². The third-order valence-corrected chi connectivity index (χ3v) is 13.1. The van der Waals surface area contributed by atoms with E-state index in [1.165, 1.54) is 131 Å². The topological polar surface area (TPSA) is 0 Å². The Morgan fingerprint density at radius 1 is 0.167 bits per heavy atom. The number of hydrogen-bond acceptors (Lipinski definition) is 0. The van der Waals surface area contributed by atoms with Crippen molar-refractivity contribution in [3.05, 3.63) is 218 Å². The fourth-order valence-electron chi connectivity index (χ4n) is 10.2. The van der Waals surface area contributed by atoms with Gasteiger partial charge in [-0.15, -0.1) is 0 Å². The molecular weight excluding hydrogens is 721 g/mol. The van der Waals surface area contributed by atoms with Crippen molar-refractivity contribution in [3.8, 4) is 55.6 Å². The highest BCUT2D eigenvalue weighted by Gasteiger charge is 2.15. The van der Waals surface area contributed by atoms with Gasteiger partial charge in [0.25, 0.3) is 0 Å². The molecule has 13 aromatic rings. The summed E-state index contributed by atoms with van der Waals surface area (Å²) in [7, 11) is 0. The molecule has 0 N–H and O–H groups in total.